The maximum atomic E-state index is 13.1. The van der Waals surface area contributed by atoms with Gasteiger partial charge in [0.25, 0.3) is 5.91 Å². The predicted octanol–water partition coefficient (Wildman–Crippen LogP) is 2.59. The lowest BCUT2D eigenvalue weighted by Crippen LogP contribution is -2.57. The van der Waals surface area contributed by atoms with Crippen molar-refractivity contribution in [2.75, 3.05) is 26.3 Å². The summed E-state index contributed by atoms with van der Waals surface area (Å²) in [6.45, 7) is 3.35. The molecule has 1 aliphatic rings. The van der Waals surface area contributed by atoms with Crippen molar-refractivity contribution in [1.82, 2.24) is 10.2 Å². The Morgan fingerprint density at radius 2 is 1.90 bits per heavy atom. The molecule has 1 N–H and O–H groups in total. The molecule has 3 rings (SSSR count). The third-order valence-corrected chi connectivity index (χ3v) is 5.00. The van der Waals surface area contributed by atoms with E-state index >= 15 is 0 Å². The Kier molecular flexibility index (Phi) is 8.04. The number of ether oxygens (including phenoxy) is 2. The second-order valence-corrected chi connectivity index (χ2v) is 7.34. The first-order valence-electron chi connectivity index (χ1n) is 10.6. The first-order chi connectivity index (χ1) is 15.1. The Morgan fingerprint density at radius 3 is 2.68 bits per heavy atom. The van der Waals surface area contributed by atoms with Crippen LogP contribution in [0.25, 0.3) is 0 Å². The predicted molar refractivity (Wildman–Crippen MR) is 116 cm³/mol. The number of carbonyl (C=O) groups is 3. The van der Waals surface area contributed by atoms with E-state index in [1.807, 2.05) is 37.3 Å². The quantitative estimate of drug-likeness (QED) is 0.626. The fraction of sp³-hybridized carbons (Fsp3) is 0.375. The summed E-state index contributed by atoms with van der Waals surface area (Å²) < 4.78 is 10.9. The van der Waals surface area contributed by atoms with Gasteiger partial charge >= 0.3 is 5.97 Å². The summed E-state index contributed by atoms with van der Waals surface area (Å²) in [6, 6.07) is 16.0. The van der Waals surface area contributed by atoms with Gasteiger partial charge in [-0.2, -0.15) is 0 Å². The van der Waals surface area contributed by atoms with Gasteiger partial charge in [-0.15, -0.1) is 0 Å². The van der Waals surface area contributed by atoms with E-state index in [1.165, 1.54) is 10.5 Å². The standard InChI is InChI=1S/C24H28N2O5/c1-2-14-31-22(27)17-21-23(28)25-12-13-26(21)24(29)19-9-6-10-20(16-19)30-15-11-18-7-4-3-5-8-18/h3-10,16,21H,2,11-15,17H2,1H3,(H,25,28). The van der Waals surface area contributed by atoms with Crippen LogP contribution in [0.1, 0.15) is 35.7 Å². The fourth-order valence-electron chi connectivity index (χ4n) is 3.41. The number of amides is 2. The largest absolute Gasteiger partial charge is 0.493 e. The highest BCUT2D eigenvalue weighted by molar-refractivity contribution is 5.99. The number of esters is 1. The molecule has 2 amide bonds. The van der Waals surface area contributed by atoms with Gasteiger partial charge in [-0.25, -0.2) is 0 Å². The monoisotopic (exact) mass is 424 g/mol. The fourth-order valence-corrected chi connectivity index (χ4v) is 3.41. The van der Waals surface area contributed by atoms with Gasteiger partial charge in [0.05, 0.1) is 19.6 Å². The van der Waals surface area contributed by atoms with Crippen LogP contribution >= 0.6 is 0 Å². The minimum absolute atomic E-state index is 0.162. The summed E-state index contributed by atoms with van der Waals surface area (Å²) in [5.74, 6) is -0.554. The highest BCUT2D eigenvalue weighted by Crippen LogP contribution is 2.19. The van der Waals surface area contributed by atoms with E-state index in [0.29, 0.717) is 44.0 Å². The number of nitrogens with zero attached hydrogens (tertiary/aromatic N) is 1. The molecule has 0 bridgehead atoms. The third kappa shape index (κ3) is 6.31. The minimum Gasteiger partial charge on any atom is -0.493 e. The van der Waals surface area contributed by atoms with E-state index in [0.717, 1.165) is 6.42 Å². The Bertz CT molecular complexity index is 900. The Morgan fingerprint density at radius 1 is 1.10 bits per heavy atom. The zero-order valence-electron chi connectivity index (χ0n) is 17.7. The van der Waals surface area contributed by atoms with Crippen LogP contribution in [0.3, 0.4) is 0 Å². The Labute approximate surface area is 182 Å². The van der Waals surface area contributed by atoms with Gasteiger partial charge in [-0.3, -0.25) is 14.4 Å². The molecule has 1 atom stereocenters. The second kappa shape index (κ2) is 11.2. The summed E-state index contributed by atoms with van der Waals surface area (Å²) in [5, 5.41) is 2.72. The van der Waals surface area contributed by atoms with Crippen LogP contribution in [0.4, 0.5) is 0 Å². The van der Waals surface area contributed by atoms with E-state index < -0.39 is 12.0 Å². The summed E-state index contributed by atoms with van der Waals surface area (Å²) in [4.78, 5) is 39.0. The van der Waals surface area contributed by atoms with Gasteiger partial charge in [0.1, 0.15) is 11.8 Å². The van der Waals surface area contributed by atoms with Crippen molar-refractivity contribution in [3.8, 4) is 5.75 Å². The molecule has 7 heteroatoms. The first kappa shape index (κ1) is 22.3. The van der Waals surface area contributed by atoms with E-state index in [1.54, 1.807) is 24.3 Å². The number of piperazine rings is 1. The van der Waals surface area contributed by atoms with Gasteiger partial charge < -0.3 is 19.7 Å². The number of rotatable bonds is 9. The number of benzene rings is 2. The summed E-state index contributed by atoms with van der Waals surface area (Å²) >= 11 is 0. The van der Waals surface area contributed by atoms with Gasteiger partial charge in [0.2, 0.25) is 5.91 Å². The van der Waals surface area contributed by atoms with Crippen molar-refractivity contribution in [3.05, 3.63) is 65.7 Å². The van der Waals surface area contributed by atoms with Crippen LogP contribution in [0.15, 0.2) is 54.6 Å². The Balaban J connectivity index is 1.64. The molecule has 0 radical (unpaired) electrons. The molecule has 0 aliphatic carbocycles. The lowest BCUT2D eigenvalue weighted by atomic mass is 10.1. The van der Waals surface area contributed by atoms with Crippen LogP contribution in [0.5, 0.6) is 5.75 Å². The molecule has 0 aromatic heterocycles. The average molecular weight is 424 g/mol. The highest BCUT2D eigenvalue weighted by Gasteiger charge is 2.35. The molecule has 0 spiro atoms. The lowest BCUT2D eigenvalue weighted by molar-refractivity contribution is -0.147. The molecule has 2 aromatic carbocycles. The zero-order chi connectivity index (χ0) is 22.1. The molecule has 0 saturated carbocycles. The van der Waals surface area contributed by atoms with Crippen LogP contribution in [0, 0.1) is 0 Å². The zero-order valence-corrected chi connectivity index (χ0v) is 17.7. The second-order valence-electron chi connectivity index (χ2n) is 7.34. The molecule has 1 unspecified atom stereocenters. The number of carbonyl (C=O) groups excluding carboxylic acids is 3. The molecule has 31 heavy (non-hydrogen) atoms. The highest BCUT2D eigenvalue weighted by atomic mass is 16.5. The molecular formula is C24H28N2O5. The van der Waals surface area contributed by atoms with Crippen LogP contribution in [-0.4, -0.2) is 55.0 Å². The summed E-state index contributed by atoms with van der Waals surface area (Å²) in [5.41, 5.74) is 1.59. The maximum Gasteiger partial charge on any atom is 0.308 e. The first-order valence-corrected chi connectivity index (χ1v) is 10.6. The molecular weight excluding hydrogens is 396 g/mol. The topological polar surface area (TPSA) is 84.9 Å². The van der Waals surface area contributed by atoms with Gasteiger partial charge in [-0.05, 0) is 30.2 Å². The van der Waals surface area contributed by atoms with Crippen molar-refractivity contribution < 1.29 is 23.9 Å². The molecule has 164 valence electrons. The molecule has 1 aliphatic heterocycles. The van der Waals surface area contributed by atoms with Crippen molar-refractivity contribution in [2.24, 2.45) is 0 Å². The van der Waals surface area contributed by atoms with E-state index in [9.17, 15) is 14.4 Å². The van der Waals surface area contributed by atoms with Gasteiger partial charge in [0.15, 0.2) is 0 Å². The average Bonchev–Trinajstić information content (AvgIpc) is 2.79. The van der Waals surface area contributed by atoms with Crippen molar-refractivity contribution in [1.29, 1.82) is 0 Å². The summed E-state index contributed by atoms with van der Waals surface area (Å²) in [7, 11) is 0. The molecule has 7 nitrogen and oxygen atoms in total. The van der Waals surface area contributed by atoms with Crippen LogP contribution in [-0.2, 0) is 20.7 Å². The van der Waals surface area contributed by atoms with E-state index in [2.05, 4.69) is 5.32 Å². The van der Waals surface area contributed by atoms with Crippen LogP contribution < -0.4 is 10.1 Å². The van der Waals surface area contributed by atoms with Gasteiger partial charge in [0, 0.05) is 25.1 Å². The maximum absolute atomic E-state index is 13.1. The number of hydrogen-bond donors (Lipinski definition) is 1. The number of nitrogens with one attached hydrogen (secondary N) is 1. The van der Waals surface area contributed by atoms with Crippen LogP contribution in [0.2, 0.25) is 0 Å². The SMILES string of the molecule is CCCOC(=O)CC1C(=O)NCCN1C(=O)c1cccc(OCCc2ccccc2)c1. The smallest absolute Gasteiger partial charge is 0.308 e. The van der Waals surface area contributed by atoms with Crippen molar-refractivity contribution in [3.63, 3.8) is 0 Å². The molecule has 1 fully saturated rings. The molecule has 2 aromatic rings. The third-order valence-electron chi connectivity index (χ3n) is 5.00. The van der Waals surface area contributed by atoms with Crippen molar-refractivity contribution in [2.45, 2.75) is 32.2 Å². The van der Waals surface area contributed by atoms with E-state index in [-0.39, 0.29) is 18.2 Å². The normalized spacial score (nSPS) is 15.8. The van der Waals surface area contributed by atoms with Gasteiger partial charge in [-0.1, -0.05) is 43.3 Å². The Hall–Kier alpha value is -3.35. The minimum atomic E-state index is -0.881. The number of hydrogen-bond acceptors (Lipinski definition) is 5. The summed E-state index contributed by atoms with van der Waals surface area (Å²) in [6.07, 6.45) is 1.29. The molecule has 1 saturated heterocycles. The molecule has 1 heterocycles. The lowest BCUT2D eigenvalue weighted by Gasteiger charge is -2.34. The van der Waals surface area contributed by atoms with Crippen molar-refractivity contribution >= 4 is 17.8 Å². The van der Waals surface area contributed by atoms with E-state index in [4.69, 9.17) is 9.47 Å².